The molecule has 7 heteroatoms. The Bertz CT molecular complexity index is 731. The van der Waals surface area contributed by atoms with E-state index in [1.165, 1.54) is 23.9 Å². The summed E-state index contributed by atoms with van der Waals surface area (Å²) in [4.78, 5) is 20.9. The molecule has 122 valence electrons. The quantitative estimate of drug-likeness (QED) is 0.657. The van der Waals surface area contributed by atoms with Crippen LogP contribution in [0.25, 0.3) is 0 Å². The molecule has 0 aliphatic rings. The number of carbonyl (C=O) groups is 1. The molecule has 1 atom stereocenters. The van der Waals surface area contributed by atoms with Crippen LogP contribution in [0, 0.1) is 26.6 Å². The summed E-state index contributed by atoms with van der Waals surface area (Å²) in [7, 11) is 0. The fraction of sp³-hybridized carbons (Fsp3) is 0.312. The van der Waals surface area contributed by atoms with E-state index in [0.717, 1.165) is 23.0 Å². The van der Waals surface area contributed by atoms with Crippen molar-refractivity contribution in [3.05, 3.63) is 46.0 Å². The third-order valence-electron chi connectivity index (χ3n) is 3.45. The average Bonchev–Trinajstić information content (AvgIpc) is 2.47. The summed E-state index contributed by atoms with van der Waals surface area (Å²) in [6.07, 6.45) is 0. The van der Waals surface area contributed by atoms with Crippen LogP contribution in [-0.4, -0.2) is 21.1 Å². The molecule has 23 heavy (non-hydrogen) atoms. The molecule has 0 fully saturated rings. The number of carbonyl (C=O) groups excluding carboxylic acids is 1. The first-order chi connectivity index (χ1) is 10.8. The lowest BCUT2D eigenvalue weighted by molar-refractivity contribution is -0.115. The van der Waals surface area contributed by atoms with Gasteiger partial charge in [0.1, 0.15) is 5.82 Å². The zero-order valence-electron chi connectivity index (χ0n) is 13.3. The zero-order valence-corrected chi connectivity index (χ0v) is 14.8. The van der Waals surface area contributed by atoms with Crippen molar-refractivity contribution in [1.29, 1.82) is 0 Å². The van der Waals surface area contributed by atoms with Gasteiger partial charge in [-0.3, -0.25) is 4.79 Å². The van der Waals surface area contributed by atoms with E-state index in [0.29, 0.717) is 5.16 Å². The van der Waals surface area contributed by atoms with Gasteiger partial charge in [0, 0.05) is 16.4 Å². The Labute approximate surface area is 143 Å². The van der Waals surface area contributed by atoms with Gasteiger partial charge in [-0.1, -0.05) is 23.4 Å². The second kappa shape index (κ2) is 7.27. The van der Waals surface area contributed by atoms with Gasteiger partial charge in [0.15, 0.2) is 5.16 Å². The molecule has 2 aromatic rings. The Kier molecular flexibility index (Phi) is 5.59. The van der Waals surface area contributed by atoms with Gasteiger partial charge in [0.05, 0.1) is 10.9 Å². The van der Waals surface area contributed by atoms with Crippen LogP contribution in [0.2, 0.25) is 5.02 Å². The lowest BCUT2D eigenvalue weighted by atomic mass is 10.2. The topological polar surface area (TPSA) is 54.9 Å². The van der Waals surface area contributed by atoms with Crippen LogP contribution in [0.15, 0.2) is 23.4 Å². The summed E-state index contributed by atoms with van der Waals surface area (Å²) in [6, 6.07) is 4.11. The number of benzene rings is 1. The smallest absolute Gasteiger partial charge is 0.237 e. The Morgan fingerprint density at radius 3 is 2.43 bits per heavy atom. The highest BCUT2D eigenvalue weighted by Gasteiger charge is 2.18. The molecule has 0 radical (unpaired) electrons. The first-order valence-corrected chi connectivity index (χ1v) is 8.28. The number of rotatable bonds is 4. The third kappa shape index (κ3) is 4.42. The van der Waals surface area contributed by atoms with Crippen LogP contribution in [0.3, 0.4) is 0 Å². The zero-order chi connectivity index (χ0) is 17.1. The molecule has 0 aliphatic heterocycles. The molecule has 1 heterocycles. The minimum Gasteiger partial charge on any atom is -0.323 e. The Balaban J connectivity index is 2.08. The second-order valence-corrected chi connectivity index (χ2v) is 6.92. The number of hydrogen-bond donors (Lipinski definition) is 1. The van der Waals surface area contributed by atoms with E-state index in [9.17, 15) is 9.18 Å². The lowest BCUT2D eigenvalue weighted by Crippen LogP contribution is -2.23. The van der Waals surface area contributed by atoms with Crippen LogP contribution < -0.4 is 5.32 Å². The number of nitrogens with zero attached hydrogens (tertiary/aromatic N) is 2. The third-order valence-corrected chi connectivity index (χ3v) is 4.65. The second-order valence-electron chi connectivity index (χ2n) is 5.18. The maximum atomic E-state index is 13.7. The maximum Gasteiger partial charge on any atom is 0.237 e. The SMILES string of the molecule is Cc1nc(S[C@H](C)C(=O)Nc2ccc(Cl)cc2F)nc(C)c1C. The standard InChI is InChI=1S/C16H17ClFN3OS/c1-8-9(2)19-16(20-10(8)3)23-11(4)15(22)21-14-6-5-12(17)7-13(14)18/h5-7,11H,1-4H3,(H,21,22)/t11-/m1/s1. The van der Waals surface area contributed by atoms with Crippen LogP contribution in [0.1, 0.15) is 23.9 Å². The number of hydrogen-bond acceptors (Lipinski definition) is 4. The summed E-state index contributed by atoms with van der Waals surface area (Å²) < 4.78 is 13.7. The molecule has 0 saturated carbocycles. The van der Waals surface area contributed by atoms with Crippen molar-refractivity contribution < 1.29 is 9.18 Å². The molecule has 0 unspecified atom stereocenters. The molecule has 0 saturated heterocycles. The van der Waals surface area contributed by atoms with E-state index in [1.54, 1.807) is 6.92 Å². The highest BCUT2D eigenvalue weighted by atomic mass is 35.5. The van der Waals surface area contributed by atoms with Crippen molar-refractivity contribution >= 4 is 35.0 Å². The first kappa shape index (κ1) is 17.7. The number of anilines is 1. The first-order valence-electron chi connectivity index (χ1n) is 7.02. The molecule has 1 amide bonds. The number of amides is 1. The van der Waals surface area contributed by atoms with Crippen molar-refractivity contribution in [1.82, 2.24) is 9.97 Å². The van der Waals surface area contributed by atoms with E-state index in [1.807, 2.05) is 20.8 Å². The molecule has 0 bridgehead atoms. The lowest BCUT2D eigenvalue weighted by Gasteiger charge is -2.13. The van der Waals surface area contributed by atoms with Crippen LogP contribution in [0.4, 0.5) is 10.1 Å². The Morgan fingerprint density at radius 2 is 1.87 bits per heavy atom. The van der Waals surface area contributed by atoms with Crippen LogP contribution >= 0.6 is 23.4 Å². The van der Waals surface area contributed by atoms with Gasteiger partial charge in [0.25, 0.3) is 0 Å². The van der Waals surface area contributed by atoms with Crippen molar-refractivity contribution in [2.45, 2.75) is 38.1 Å². The summed E-state index contributed by atoms with van der Waals surface area (Å²) >= 11 is 6.93. The van der Waals surface area contributed by atoms with E-state index in [-0.39, 0.29) is 16.6 Å². The number of nitrogens with one attached hydrogen (secondary N) is 1. The Hall–Kier alpha value is -1.66. The van der Waals surface area contributed by atoms with E-state index >= 15 is 0 Å². The highest BCUT2D eigenvalue weighted by Crippen LogP contribution is 2.24. The molecule has 0 aliphatic carbocycles. The molecule has 0 spiro atoms. The molecular weight excluding hydrogens is 337 g/mol. The minimum atomic E-state index is -0.568. The molecule has 1 N–H and O–H groups in total. The fourth-order valence-corrected chi connectivity index (χ4v) is 2.85. The van der Waals surface area contributed by atoms with Gasteiger partial charge < -0.3 is 5.32 Å². The van der Waals surface area contributed by atoms with Gasteiger partial charge in [-0.2, -0.15) is 0 Å². The predicted molar refractivity (Wildman–Crippen MR) is 91.6 cm³/mol. The summed E-state index contributed by atoms with van der Waals surface area (Å²) in [5.74, 6) is -0.892. The molecule has 1 aromatic carbocycles. The molecular formula is C16H17ClFN3OS. The highest BCUT2D eigenvalue weighted by molar-refractivity contribution is 8.00. The Morgan fingerprint density at radius 1 is 1.26 bits per heavy atom. The van der Waals surface area contributed by atoms with Gasteiger partial charge in [-0.25, -0.2) is 14.4 Å². The number of aromatic nitrogens is 2. The normalized spacial score (nSPS) is 12.1. The van der Waals surface area contributed by atoms with Crippen molar-refractivity contribution in [2.75, 3.05) is 5.32 Å². The van der Waals surface area contributed by atoms with Crippen molar-refractivity contribution in [3.63, 3.8) is 0 Å². The van der Waals surface area contributed by atoms with Crippen LogP contribution in [0.5, 0.6) is 0 Å². The summed E-state index contributed by atoms with van der Waals surface area (Å²) in [5.41, 5.74) is 2.91. The summed E-state index contributed by atoms with van der Waals surface area (Å²) in [5, 5.41) is 2.89. The largest absolute Gasteiger partial charge is 0.323 e. The fourth-order valence-electron chi connectivity index (χ4n) is 1.83. The molecule has 4 nitrogen and oxygen atoms in total. The van der Waals surface area contributed by atoms with Gasteiger partial charge in [-0.05, 0) is 51.5 Å². The van der Waals surface area contributed by atoms with E-state index in [2.05, 4.69) is 15.3 Å². The van der Waals surface area contributed by atoms with E-state index in [4.69, 9.17) is 11.6 Å². The average molecular weight is 354 g/mol. The number of aryl methyl sites for hydroxylation is 2. The van der Waals surface area contributed by atoms with Crippen LogP contribution in [-0.2, 0) is 4.79 Å². The maximum absolute atomic E-state index is 13.7. The van der Waals surface area contributed by atoms with Crippen molar-refractivity contribution in [2.24, 2.45) is 0 Å². The number of halogens is 2. The van der Waals surface area contributed by atoms with Gasteiger partial charge in [0.2, 0.25) is 5.91 Å². The predicted octanol–water partition coefficient (Wildman–Crippen LogP) is 4.31. The van der Waals surface area contributed by atoms with Gasteiger partial charge >= 0.3 is 0 Å². The summed E-state index contributed by atoms with van der Waals surface area (Å²) in [6.45, 7) is 7.49. The molecule has 1 aromatic heterocycles. The molecule has 2 rings (SSSR count). The van der Waals surface area contributed by atoms with E-state index < -0.39 is 11.1 Å². The number of thioether (sulfide) groups is 1. The van der Waals surface area contributed by atoms with Gasteiger partial charge in [-0.15, -0.1) is 0 Å². The monoisotopic (exact) mass is 353 g/mol. The minimum absolute atomic E-state index is 0.101. The van der Waals surface area contributed by atoms with Crippen molar-refractivity contribution in [3.8, 4) is 0 Å².